The van der Waals surface area contributed by atoms with Gasteiger partial charge in [0.15, 0.2) is 0 Å². The number of oxazole rings is 1. The van der Waals surface area contributed by atoms with Gasteiger partial charge in [0.05, 0.1) is 18.1 Å². The fourth-order valence-electron chi connectivity index (χ4n) is 3.77. The first-order chi connectivity index (χ1) is 17.8. The topological polar surface area (TPSA) is 132 Å². The van der Waals surface area contributed by atoms with E-state index < -0.39 is 34.6 Å². The summed E-state index contributed by atoms with van der Waals surface area (Å²) in [5, 5.41) is 0. The standard InChI is InChI=1S/C24H22F3N3O7S/c1-14-19(28-23(37-14)24(25,26)27)13-36-20-11-16-12-30(21(31)6-5-17-4-3-9-35-17)8-7-15(16)10-18(20)22(32)29-38(2,33)34/h3-6,9-11H,7-8,12-13H2,1-2H3,(H,29,32)/b6-5+. The molecule has 1 N–H and O–H groups in total. The third-order valence-corrected chi connectivity index (χ3v) is 6.14. The number of aromatic nitrogens is 1. The summed E-state index contributed by atoms with van der Waals surface area (Å²) in [6, 6.07) is 6.28. The number of rotatable bonds is 7. The molecule has 202 valence electrons. The maximum atomic E-state index is 12.9. The Hall–Kier alpha value is -4.07. The third kappa shape index (κ3) is 6.43. The summed E-state index contributed by atoms with van der Waals surface area (Å²) in [6.45, 7) is 1.28. The fourth-order valence-corrected chi connectivity index (χ4v) is 4.22. The van der Waals surface area contributed by atoms with Crippen LogP contribution in [0.3, 0.4) is 0 Å². The van der Waals surface area contributed by atoms with Crippen LogP contribution in [-0.4, -0.2) is 42.9 Å². The number of hydrogen-bond donors (Lipinski definition) is 1. The number of fused-ring (bicyclic) bond motifs is 1. The van der Waals surface area contributed by atoms with Crippen LogP contribution >= 0.6 is 0 Å². The molecule has 0 saturated heterocycles. The van der Waals surface area contributed by atoms with Crippen LogP contribution in [0.4, 0.5) is 13.2 Å². The maximum absolute atomic E-state index is 12.9. The van der Waals surface area contributed by atoms with E-state index in [2.05, 4.69) is 9.40 Å². The number of benzene rings is 1. The Morgan fingerprint density at radius 3 is 2.66 bits per heavy atom. The van der Waals surface area contributed by atoms with E-state index in [9.17, 15) is 31.2 Å². The van der Waals surface area contributed by atoms with Crippen molar-refractivity contribution in [3.8, 4) is 5.75 Å². The van der Waals surface area contributed by atoms with Crippen LogP contribution in [0.15, 0.2) is 45.4 Å². The SMILES string of the molecule is Cc1oc(C(F)(F)F)nc1COc1cc2c(cc1C(=O)NS(C)(=O)=O)CCN(C(=O)/C=C/c1ccco1)C2. The molecule has 1 aliphatic rings. The van der Waals surface area contributed by atoms with Crippen molar-refractivity contribution in [2.24, 2.45) is 0 Å². The first kappa shape index (κ1) is 27.0. The van der Waals surface area contributed by atoms with Crippen molar-refractivity contribution in [3.63, 3.8) is 0 Å². The minimum absolute atomic E-state index is 0.0960. The number of carbonyl (C=O) groups is 2. The zero-order valence-electron chi connectivity index (χ0n) is 20.2. The molecule has 0 fully saturated rings. The van der Waals surface area contributed by atoms with Crippen LogP contribution < -0.4 is 9.46 Å². The van der Waals surface area contributed by atoms with Crippen molar-refractivity contribution in [1.29, 1.82) is 0 Å². The molecule has 1 aromatic carbocycles. The fraction of sp³-hybridized carbons (Fsp3) is 0.292. The number of nitrogens with one attached hydrogen (secondary N) is 1. The molecule has 4 rings (SSSR count). The first-order valence-corrected chi connectivity index (χ1v) is 13.0. The van der Waals surface area contributed by atoms with E-state index in [1.54, 1.807) is 17.0 Å². The minimum atomic E-state index is -4.79. The lowest BCUT2D eigenvalue weighted by Crippen LogP contribution is -2.35. The minimum Gasteiger partial charge on any atom is -0.486 e. The molecule has 0 radical (unpaired) electrons. The highest BCUT2D eigenvalue weighted by Gasteiger charge is 2.38. The summed E-state index contributed by atoms with van der Waals surface area (Å²) in [6.07, 6.45) is 0.746. The molecule has 0 atom stereocenters. The van der Waals surface area contributed by atoms with Crippen LogP contribution in [0.25, 0.3) is 6.08 Å². The molecule has 0 spiro atoms. The Kier molecular flexibility index (Phi) is 7.35. The highest BCUT2D eigenvalue weighted by Crippen LogP contribution is 2.32. The van der Waals surface area contributed by atoms with Gasteiger partial charge >= 0.3 is 12.1 Å². The normalized spacial score (nSPS) is 14.0. The van der Waals surface area contributed by atoms with Gasteiger partial charge in [0.25, 0.3) is 5.91 Å². The number of hydrogen-bond acceptors (Lipinski definition) is 8. The summed E-state index contributed by atoms with van der Waals surface area (Å²) in [7, 11) is -3.92. The Labute approximate surface area is 215 Å². The second kappa shape index (κ2) is 10.4. The molecule has 0 aliphatic carbocycles. The first-order valence-electron chi connectivity index (χ1n) is 11.1. The number of amides is 2. The van der Waals surface area contributed by atoms with Crippen molar-refractivity contribution in [2.75, 3.05) is 12.8 Å². The van der Waals surface area contributed by atoms with Crippen molar-refractivity contribution >= 4 is 27.9 Å². The smallest absolute Gasteiger partial charge is 0.468 e. The predicted molar refractivity (Wildman–Crippen MR) is 126 cm³/mol. The lowest BCUT2D eigenvalue weighted by Gasteiger charge is -2.29. The summed E-state index contributed by atoms with van der Waals surface area (Å²) in [5.74, 6) is -2.42. The van der Waals surface area contributed by atoms with Crippen LogP contribution in [0.2, 0.25) is 0 Å². The van der Waals surface area contributed by atoms with E-state index in [1.165, 1.54) is 37.5 Å². The molecular weight excluding hydrogens is 531 g/mol. The number of nitrogens with zero attached hydrogens (tertiary/aromatic N) is 2. The quantitative estimate of drug-likeness (QED) is 0.440. The van der Waals surface area contributed by atoms with E-state index in [0.29, 0.717) is 29.9 Å². The van der Waals surface area contributed by atoms with E-state index in [0.717, 1.165) is 6.26 Å². The Morgan fingerprint density at radius 2 is 2.03 bits per heavy atom. The lowest BCUT2D eigenvalue weighted by atomic mass is 9.96. The van der Waals surface area contributed by atoms with E-state index in [4.69, 9.17) is 9.15 Å². The van der Waals surface area contributed by atoms with Crippen molar-refractivity contribution in [1.82, 2.24) is 14.6 Å². The van der Waals surface area contributed by atoms with Gasteiger partial charge < -0.3 is 18.5 Å². The van der Waals surface area contributed by atoms with Gasteiger partial charge in [0.1, 0.15) is 29.6 Å². The molecule has 2 amide bonds. The van der Waals surface area contributed by atoms with Gasteiger partial charge in [-0.1, -0.05) is 0 Å². The largest absolute Gasteiger partial charge is 0.486 e. The number of carbonyl (C=O) groups excluding carboxylic acids is 2. The molecular formula is C24H22F3N3O7S. The maximum Gasteiger partial charge on any atom is 0.468 e. The molecule has 3 heterocycles. The number of halogens is 3. The summed E-state index contributed by atoms with van der Waals surface area (Å²) in [4.78, 5) is 30.4. The summed E-state index contributed by atoms with van der Waals surface area (Å²) < 4.78 is 79.5. The van der Waals surface area contributed by atoms with Gasteiger partial charge in [-0.05, 0) is 54.8 Å². The molecule has 14 heteroatoms. The van der Waals surface area contributed by atoms with Gasteiger partial charge in [-0.15, -0.1) is 0 Å². The third-order valence-electron chi connectivity index (χ3n) is 5.58. The van der Waals surface area contributed by atoms with Gasteiger partial charge in [-0.2, -0.15) is 13.2 Å². The molecule has 2 aromatic heterocycles. The molecule has 10 nitrogen and oxygen atoms in total. The second-order valence-corrected chi connectivity index (χ2v) is 10.2. The predicted octanol–water partition coefficient (Wildman–Crippen LogP) is 3.46. The molecule has 0 bridgehead atoms. The van der Waals surface area contributed by atoms with Gasteiger partial charge in [0.2, 0.25) is 15.9 Å². The zero-order valence-corrected chi connectivity index (χ0v) is 21.0. The number of sulfonamides is 1. The van der Waals surface area contributed by atoms with Crippen molar-refractivity contribution in [3.05, 3.63) is 76.4 Å². The van der Waals surface area contributed by atoms with Crippen LogP contribution in [0.5, 0.6) is 5.75 Å². The van der Waals surface area contributed by atoms with E-state index in [1.807, 2.05) is 4.72 Å². The van der Waals surface area contributed by atoms with Crippen LogP contribution in [-0.2, 0) is 40.6 Å². The summed E-state index contributed by atoms with van der Waals surface area (Å²) >= 11 is 0. The molecule has 38 heavy (non-hydrogen) atoms. The van der Waals surface area contributed by atoms with Crippen molar-refractivity contribution in [2.45, 2.75) is 32.7 Å². The number of furan rings is 1. The van der Waals surface area contributed by atoms with Gasteiger partial charge in [0, 0.05) is 19.2 Å². The average Bonchev–Trinajstić information content (AvgIpc) is 3.48. The Morgan fingerprint density at radius 1 is 1.26 bits per heavy atom. The second-order valence-electron chi connectivity index (χ2n) is 8.49. The Bertz CT molecular complexity index is 1490. The molecule has 3 aromatic rings. The average molecular weight is 554 g/mol. The number of ether oxygens (including phenoxy) is 1. The molecule has 0 unspecified atom stereocenters. The monoisotopic (exact) mass is 553 g/mol. The Balaban J connectivity index is 1.60. The van der Waals surface area contributed by atoms with Gasteiger partial charge in [-0.25, -0.2) is 18.1 Å². The van der Waals surface area contributed by atoms with E-state index in [-0.39, 0.29) is 35.2 Å². The van der Waals surface area contributed by atoms with Crippen LogP contribution in [0.1, 0.15) is 44.6 Å². The highest BCUT2D eigenvalue weighted by molar-refractivity contribution is 7.89. The van der Waals surface area contributed by atoms with E-state index >= 15 is 0 Å². The number of alkyl halides is 3. The number of aryl methyl sites for hydroxylation is 1. The summed E-state index contributed by atoms with van der Waals surface area (Å²) in [5.41, 5.74) is 1.02. The van der Waals surface area contributed by atoms with Crippen molar-refractivity contribution < 1.29 is 44.7 Å². The molecule has 1 aliphatic heterocycles. The highest BCUT2D eigenvalue weighted by atomic mass is 32.2. The van der Waals surface area contributed by atoms with Gasteiger partial charge in [-0.3, -0.25) is 9.59 Å². The zero-order chi connectivity index (χ0) is 27.7. The lowest BCUT2D eigenvalue weighted by molar-refractivity contribution is -0.157. The van der Waals surface area contributed by atoms with Crippen LogP contribution in [0, 0.1) is 6.92 Å². The molecule has 0 saturated carbocycles.